The predicted octanol–water partition coefficient (Wildman–Crippen LogP) is 3.58. The van der Waals surface area contributed by atoms with E-state index in [4.69, 9.17) is 9.84 Å². The van der Waals surface area contributed by atoms with Crippen LogP contribution in [0.1, 0.15) is 57.6 Å². The van der Waals surface area contributed by atoms with E-state index in [0.29, 0.717) is 13.0 Å². The molecule has 1 atom stereocenters. The Balaban J connectivity index is 2.08. The van der Waals surface area contributed by atoms with Crippen molar-refractivity contribution in [2.24, 2.45) is 0 Å². The summed E-state index contributed by atoms with van der Waals surface area (Å²) in [5, 5.41) is 15.6. The van der Waals surface area contributed by atoms with Crippen molar-refractivity contribution in [3.8, 4) is 0 Å². The average molecular weight is 418 g/mol. The molecule has 4 N–H and O–H groups in total. The molecular weight excluding hydrogens is 382 g/mol. The highest BCUT2D eigenvalue weighted by molar-refractivity contribution is 5.89. The number of benzene rings is 1. The molecule has 0 radical (unpaired) electrons. The second-order valence-electron chi connectivity index (χ2n) is 8.64. The van der Waals surface area contributed by atoms with Crippen LogP contribution in [-0.2, 0) is 16.0 Å². The van der Waals surface area contributed by atoms with Gasteiger partial charge in [-0.3, -0.25) is 4.79 Å². The summed E-state index contributed by atoms with van der Waals surface area (Å²) in [6.07, 6.45) is 5.12. The highest BCUT2D eigenvalue weighted by Gasteiger charge is 2.25. The van der Waals surface area contributed by atoms with Gasteiger partial charge in [0.25, 0.3) is 0 Å². The van der Waals surface area contributed by atoms with Crippen LogP contribution in [0.15, 0.2) is 24.4 Å². The van der Waals surface area contributed by atoms with Gasteiger partial charge in [-0.25, -0.2) is 4.79 Å². The van der Waals surface area contributed by atoms with Crippen LogP contribution in [0.2, 0.25) is 0 Å². The van der Waals surface area contributed by atoms with Crippen LogP contribution in [-0.4, -0.2) is 46.9 Å². The number of aliphatic hydroxyl groups is 1. The van der Waals surface area contributed by atoms with E-state index in [2.05, 4.69) is 15.6 Å². The summed E-state index contributed by atoms with van der Waals surface area (Å²) in [4.78, 5) is 28.4. The molecule has 0 aliphatic carbocycles. The van der Waals surface area contributed by atoms with E-state index in [-0.39, 0.29) is 12.5 Å². The number of nitrogens with one attached hydrogen (secondary N) is 3. The maximum absolute atomic E-state index is 12.8. The number of aryl methyl sites for hydroxylation is 1. The Labute approximate surface area is 178 Å². The van der Waals surface area contributed by atoms with Gasteiger partial charge in [0.2, 0.25) is 5.91 Å². The fourth-order valence-electron chi connectivity index (χ4n) is 3.42. The zero-order valence-electron chi connectivity index (χ0n) is 18.5. The van der Waals surface area contributed by atoms with Crippen molar-refractivity contribution in [2.45, 2.75) is 71.4 Å². The minimum absolute atomic E-state index is 0.193. The van der Waals surface area contributed by atoms with Crippen molar-refractivity contribution >= 4 is 22.9 Å². The van der Waals surface area contributed by atoms with Gasteiger partial charge in [0.1, 0.15) is 11.6 Å². The fourth-order valence-corrected chi connectivity index (χ4v) is 3.42. The Morgan fingerprint density at radius 3 is 2.60 bits per heavy atom. The molecular formula is C23H35N3O4. The number of amides is 2. The fraction of sp³-hybridized carbons (Fsp3) is 0.565. The summed E-state index contributed by atoms with van der Waals surface area (Å²) in [5.41, 5.74) is 2.45. The number of ether oxygens (including phenoxy) is 1. The van der Waals surface area contributed by atoms with Crippen molar-refractivity contribution in [2.75, 3.05) is 13.2 Å². The molecule has 1 aromatic heterocycles. The lowest BCUT2D eigenvalue weighted by Crippen LogP contribution is -2.49. The lowest BCUT2D eigenvalue weighted by Gasteiger charge is -2.23. The molecule has 1 heterocycles. The SMILES string of the molecule is Cc1cccc2[nH]cc(C[C@H](NC(=O)OC(C)(C)C)C(=O)NCCCCCCO)c12. The number of aromatic nitrogens is 1. The van der Waals surface area contributed by atoms with E-state index in [9.17, 15) is 9.59 Å². The van der Waals surface area contributed by atoms with Crippen LogP contribution >= 0.6 is 0 Å². The molecule has 0 fully saturated rings. The molecule has 0 saturated carbocycles. The molecule has 0 aliphatic rings. The Morgan fingerprint density at radius 2 is 1.90 bits per heavy atom. The van der Waals surface area contributed by atoms with Crippen LogP contribution in [0.3, 0.4) is 0 Å². The van der Waals surface area contributed by atoms with Gasteiger partial charge in [-0.1, -0.05) is 25.0 Å². The zero-order chi connectivity index (χ0) is 22.1. The summed E-state index contributed by atoms with van der Waals surface area (Å²) in [7, 11) is 0. The highest BCUT2D eigenvalue weighted by Crippen LogP contribution is 2.23. The first-order chi connectivity index (χ1) is 14.2. The molecule has 0 saturated heterocycles. The molecule has 0 bridgehead atoms. The minimum Gasteiger partial charge on any atom is -0.444 e. The molecule has 1 aromatic carbocycles. The quantitative estimate of drug-likeness (QED) is 0.444. The number of unbranched alkanes of at least 4 members (excludes halogenated alkanes) is 3. The summed E-state index contributed by atoms with van der Waals surface area (Å²) < 4.78 is 5.36. The summed E-state index contributed by atoms with van der Waals surface area (Å²) in [6, 6.07) is 5.27. The third-order valence-corrected chi connectivity index (χ3v) is 4.81. The molecule has 0 aliphatic heterocycles. The van der Waals surface area contributed by atoms with Gasteiger partial charge in [-0.15, -0.1) is 0 Å². The molecule has 0 spiro atoms. The number of carbonyl (C=O) groups excluding carboxylic acids is 2. The number of H-pyrrole nitrogens is 1. The van der Waals surface area contributed by atoms with E-state index in [1.165, 1.54) is 0 Å². The summed E-state index contributed by atoms with van der Waals surface area (Å²) >= 11 is 0. The van der Waals surface area contributed by atoms with Gasteiger partial charge in [0.15, 0.2) is 0 Å². The molecule has 2 aromatic rings. The van der Waals surface area contributed by atoms with Crippen LogP contribution < -0.4 is 10.6 Å². The van der Waals surface area contributed by atoms with Crippen LogP contribution in [0.5, 0.6) is 0 Å². The van der Waals surface area contributed by atoms with Crippen LogP contribution in [0.25, 0.3) is 10.9 Å². The number of aliphatic hydroxyl groups excluding tert-OH is 1. The summed E-state index contributed by atoms with van der Waals surface area (Å²) in [6.45, 7) is 8.12. The number of rotatable bonds is 10. The van der Waals surface area contributed by atoms with E-state index in [0.717, 1.165) is 47.7 Å². The lowest BCUT2D eigenvalue weighted by atomic mass is 10.0. The van der Waals surface area contributed by atoms with Gasteiger partial charge < -0.3 is 25.5 Å². The number of alkyl carbamates (subject to hydrolysis) is 1. The second kappa shape index (κ2) is 11.0. The van der Waals surface area contributed by atoms with Crippen molar-refractivity contribution in [1.29, 1.82) is 0 Å². The second-order valence-corrected chi connectivity index (χ2v) is 8.64. The third-order valence-electron chi connectivity index (χ3n) is 4.81. The van der Waals surface area contributed by atoms with Crippen molar-refractivity contribution < 1.29 is 19.4 Å². The standard InChI is InChI=1S/C23H35N3O4/c1-16-10-9-11-18-20(16)17(15-25-18)14-19(26-22(29)30-23(2,3)4)21(28)24-12-7-5-6-8-13-27/h9-11,15,19,25,27H,5-8,12-14H2,1-4H3,(H,24,28)(H,26,29)/t19-/m0/s1. The van der Waals surface area contributed by atoms with E-state index < -0.39 is 17.7 Å². The van der Waals surface area contributed by atoms with Crippen molar-refractivity contribution in [3.05, 3.63) is 35.5 Å². The Kier molecular flexibility index (Phi) is 8.72. The first-order valence-corrected chi connectivity index (χ1v) is 10.6. The Hall–Kier alpha value is -2.54. The van der Waals surface area contributed by atoms with E-state index in [1.54, 1.807) is 20.8 Å². The summed E-state index contributed by atoms with van der Waals surface area (Å²) in [5.74, 6) is -0.231. The largest absolute Gasteiger partial charge is 0.444 e. The average Bonchev–Trinajstić information content (AvgIpc) is 3.06. The van der Waals surface area contributed by atoms with Crippen LogP contribution in [0.4, 0.5) is 4.79 Å². The minimum atomic E-state index is -0.740. The zero-order valence-corrected chi connectivity index (χ0v) is 18.5. The van der Waals surface area contributed by atoms with E-state index in [1.807, 2.05) is 31.3 Å². The van der Waals surface area contributed by atoms with Gasteiger partial charge >= 0.3 is 6.09 Å². The van der Waals surface area contributed by atoms with Gasteiger partial charge in [0, 0.05) is 36.7 Å². The maximum Gasteiger partial charge on any atom is 0.408 e. The highest BCUT2D eigenvalue weighted by atomic mass is 16.6. The van der Waals surface area contributed by atoms with Gasteiger partial charge in [-0.2, -0.15) is 0 Å². The Bertz CT molecular complexity index is 839. The van der Waals surface area contributed by atoms with Crippen molar-refractivity contribution in [3.63, 3.8) is 0 Å². The lowest BCUT2D eigenvalue weighted by molar-refractivity contribution is -0.123. The Morgan fingerprint density at radius 1 is 1.17 bits per heavy atom. The molecule has 166 valence electrons. The molecule has 2 amide bonds. The van der Waals surface area contributed by atoms with E-state index >= 15 is 0 Å². The number of hydrogen-bond acceptors (Lipinski definition) is 4. The monoisotopic (exact) mass is 417 g/mol. The number of hydrogen-bond donors (Lipinski definition) is 4. The smallest absolute Gasteiger partial charge is 0.408 e. The predicted molar refractivity (Wildman–Crippen MR) is 118 cm³/mol. The van der Waals surface area contributed by atoms with Gasteiger partial charge in [-0.05, 0) is 57.7 Å². The molecule has 7 heteroatoms. The normalized spacial score (nSPS) is 12.6. The molecule has 2 rings (SSSR count). The topological polar surface area (TPSA) is 103 Å². The van der Waals surface area contributed by atoms with Gasteiger partial charge in [0.05, 0.1) is 0 Å². The first kappa shape index (κ1) is 23.7. The molecule has 7 nitrogen and oxygen atoms in total. The third kappa shape index (κ3) is 7.37. The van der Waals surface area contributed by atoms with Crippen LogP contribution in [0, 0.1) is 6.92 Å². The number of carbonyl (C=O) groups is 2. The number of fused-ring (bicyclic) bond motifs is 1. The first-order valence-electron chi connectivity index (χ1n) is 10.6. The molecule has 30 heavy (non-hydrogen) atoms. The number of aromatic amines is 1. The van der Waals surface area contributed by atoms with Crippen molar-refractivity contribution in [1.82, 2.24) is 15.6 Å². The maximum atomic E-state index is 12.8. The molecule has 0 unspecified atom stereocenters.